The van der Waals surface area contributed by atoms with Gasteiger partial charge in [0.2, 0.25) is 5.91 Å². The molecule has 3 N–H and O–H groups in total. The minimum absolute atomic E-state index is 0.0251. The van der Waals surface area contributed by atoms with Crippen LogP contribution in [0.15, 0.2) is 42.1 Å². The lowest BCUT2D eigenvalue weighted by molar-refractivity contribution is -0.113. The van der Waals surface area contributed by atoms with Gasteiger partial charge in [-0.15, -0.1) is 28.1 Å². The van der Waals surface area contributed by atoms with Gasteiger partial charge in [-0.2, -0.15) is 0 Å². The van der Waals surface area contributed by atoms with Gasteiger partial charge in [-0.1, -0.05) is 30.0 Å². The highest BCUT2D eigenvalue weighted by atomic mass is 32.2. The Labute approximate surface area is 216 Å². The molecule has 36 heavy (non-hydrogen) atoms. The summed E-state index contributed by atoms with van der Waals surface area (Å²) in [6.07, 6.45) is 1.33. The van der Waals surface area contributed by atoms with Crippen LogP contribution in [0, 0.1) is 6.92 Å². The Hall–Kier alpha value is -3.64. The first kappa shape index (κ1) is 27.0. The lowest BCUT2D eigenvalue weighted by Crippen LogP contribution is -2.18. The fourth-order valence-electron chi connectivity index (χ4n) is 3.37. The van der Waals surface area contributed by atoms with E-state index in [1.54, 1.807) is 34.0 Å². The quantitative estimate of drug-likeness (QED) is 0.217. The number of hydrogen-bond acceptors (Lipinski definition) is 9. The van der Waals surface area contributed by atoms with E-state index in [1.165, 1.54) is 11.8 Å². The molecule has 0 spiro atoms. The van der Waals surface area contributed by atoms with E-state index in [4.69, 9.17) is 15.2 Å². The number of rotatable bonds is 11. The number of primary amides is 1. The van der Waals surface area contributed by atoms with Crippen molar-refractivity contribution in [1.82, 2.24) is 14.8 Å². The molecule has 2 amide bonds. The number of aromatic nitrogens is 3. The number of esters is 1. The molecule has 0 aliphatic heterocycles. The van der Waals surface area contributed by atoms with Gasteiger partial charge in [0.1, 0.15) is 10.8 Å². The minimum atomic E-state index is -0.688. The maximum absolute atomic E-state index is 12.8. The summed E-state index contributed by atoms with van der Waals surface area (Å²) in [5.74, 6) is -0.530. The molecule has 10 nitrogen and oxygen atoms in total. The van der Waals surface area contributed by atoms with E-state index in [9.17, 15) is 14.4 Å². The Morgan fingerprint density at radius 2 is 2.00 bits per heavy atom. The molecular weight excluding hydrogens is 502 g/mol. The molecule has 0 unspecified atom stereocenters. The average molecular weight is 530 g/mol. The molecule has 12 heteroatoms. The molecule has 0 fully saturated rings. The molecule has 2 heterocycles. The van der Waals surface area contributed by atoms with Gasteiger partial charge in [-0.05, 0) is 38.5 Å². The fraction of sp³-hybridized carbons (Fsp3) is 0.292. The molecule has 0 saturated carbocycles. The van der Waals surface area contributed by atoms with Gasteiger partial charge < -0.3 is 20.5 Å². The summed E-state index contributed by atoms with van der Waals surface area (Å²) >= 11 is 2.11. The first-order chi connectivity index (χ1) is 17.2. The third-order valence-electron chi connectivity index (χ3n) is 4.88. The standard InChI is InChI=1S/C24H27N5O5S2/c1-6-11-29-21(15-9-7-8-10-16(15)33-5)27-28-24(29)35-12-17(30)26-22-18(23(32)34-13(2)3)14(4)19(36-22)20(25)31/h6-10,13H,1,11-12H2,2-5H3,(H2,25,31)(H,26,30). The van der Waals surface area contributed by atoms with Crippen molar-refractivity contribution in [1.29, 1.82) is 0 Å². The van der Waals surface area contributed by atoms with Gasteiger partial charge in [-0.25, -0.2) is 4.79 Å². The van der Waals surface area contributed by atoms with Crippen LogP contribution in [0.1, 0.15) is 39.4 Å². The number of thiophene rings is 1. The van der Waals surface area contributed by atoms with E-state index in [-0.39, 0.29) is 27.3 Å². The molecule has 3 aromatic rings. The predicted molar refractivity (Wildman–Crippen MR) is 140 cm³/mol. The number of para-hydroxylation sites is 1. The lowest BCUT2D eigenvalue weighted by atomic mass is 10.1. The van der Waals surface area contributed by atoms with Gasteiger partial charge in [0.05, 0.1) is 35.0 Å². The number of nitrogens with one attached hydrogen (secondary N) is 1. The van der Waals surface area contributed by atoms with E-state index >= 15 is 0 Å². The van der Waals surface area contributed by atoms with E-state index in [0.717, 1.165) is 16.9 Å². The molecule has 1 aromatic carbocycles. The zero-order valence-electron chi connectivity index (χ0n) is 20.4. The highest BCUT2D eigenvalue weighted by molar-refractivity contribution is 7.99. The molecule has 190 valence electrons. The number of hydrogen-bond donors (Lipinski definition) is 2. The second-order valence-corrected chi connectivity index (χ2v) is 9.78. The number of carbonyl (C=O) groups excluding carboxylic acids is 3. The van der Waals surface area contributed by atoms with Crippen molar-refractivity contribution in [2.45, 2.75) is 38.6 Å². The van der Waals surface area contributed by atoms with Gasteiger partial charge >= 0.3 is 5.97 Å². The monoisotopic (exact) mass is 529 g/mol. The van der Waals surface area contributed by atoms with Gasteiger partial charge in [0, 0.05) is 6.54 Å². The summed E-state index contributed by atoms with van der Waals surface area (Å²) in [5, 5.41) is 12.0. The zero-order valence-corrected chi connectivity index (χ0v) is 22.0. The lowest BCUT2D eigenvalue weighted by Gasteiger charge is -2.11. The summed E-state index contributed by atoms with van der Waals surface area (Å²) in [7, 11) is 1.58. The van der Waals surface area contributed by atoms with Crippen molar-refractivity contribution in [2.24, 2.45) is 5.73 Å². The van der Waals surface area contributed by atoms with Crippen molar-refractivity contribution >= 4 is 45.9 Å². The number of nitrogens with two attached hydrogens (primary N) is 1. The van der Waals surface area contributed by atoms with Gasteiger partial charge in [-0.3, -0.25) is 14.2 Å². The number of thioether (sulfide) groups is 1. The minimum Gasteiger partial charge on any atom is -0.496 e. The van der Waals surface area contributed by atoms with Crippen LogP contribution in [-0.4, -0.2) is 51.5 Å². The molecule has 3 rings (SSSR count). The molecule has 0 aliphatic rings. The summed E-state index contributed by atoms with van der Waals surface area (Å²) < 4.78 is 12.6. The summed E-state index contributed by atoms with van der Waals surface area (Å²) in [4.78, 5) is 37.5. The zero-order chi connectivity index (χ0) is 26.4. The number of nitrogens with zero attached hydrogens (tertiary/aromatic N) is 3. The number of carbonyl (C=O) groups is 3. The number of allylic oxidation sites excluding steroid dienone is 1. The fourth-order valence-corrected chi connectivity index (χ4v) is 5.18. The maximum Gasteiger partial charge on any atom is 0.341 e. The Morgan fingerprint density at radius 3 is 2.64 bits per heavy atom. The van der Waals surface area contributed by atoms with Crippen LogP contribution in [0.5, 0.6) is 5.75 Å². The smallest absolute Gasteiger partial charge is 0.341 e. The van der Waals surface area contributed by atoms with Crippen molar-refractivity contribution in [3.8, 4) is 17.1 Å². The Morgan fingerprint density at radius 1 is 1.28 bits per heavy atom. The maximum atomic E-state index is 12.8. The third kappa shape index (κ3) is 5.94. The van der Waals surface area contributed by atoms with Crippen LogP contribution in [-0.2, 0) is 16.1 Å². The Bertz CT molecular complexity index is 1300. The largest absolute Gasteiger partial charge is 0.496 e. The van der Waals surface area contributed by atoms with Crippen LogP contribution in [0.2, 0.25) is 0 Å². The molecule has 0 bridgehead atoms. The Balaban J connectivity index is 1.82. The van der Waals surface area contributed by atoms with Crippen molar-refractivity contribution < 1.29 is 23.9 Å². The van der Waals surface area contributed by atoms with E-state index in [1.807, 2.05) is 28.8 Å². The summed E-state index contributed by atoms with van der Waals surface area (Å²) in [5.41, 5.74) is 6.69. The Kier molecular flexibility index (Phi) is 8.88. The van der Waals surface area contributed by atoms with Gasteiger partial charge in [0.15, 0.2) is 11.0 Å². The highest BCUT2D eigenvalue weighted by Gasteiger charge is 2.26. The number of benzene rings is 1. The SMILES string of the molecule is C=CCn1c(SCC(=O)Nc2sc(C(N)=O)c(C)c2C(=O)OC(C)C)nnc1-c1ccccc1OC. The molecular formula is C24H27N5O5S2. The average Bonchev–Trinajstić information content (AvgIpc) is 3.37. The van der Waals surface area contributed by atoms with Crippen LogP contribution < -0.4 is 15.8 Å². The molecule has 0 aliphatic carbocycles. The van der Waals surface area contributed by atoms with Crippen LogP contribution in [0.3, 0.4) is 0 Å². The number of ether oxygens (including phenoxy) is 2. The van der Waals surface area contributed by atoms with E-state index in [2.05, 4.69) is 22.1 Å². The third-order valence-corrected chi connectivity index (χ3v) is 7.07. The molecule has 0 saturated heterocycles. The highest BCUT2D eigenvalue weighted by Crippen LogP contribution is 2.34. The first-order valence-electron chi connectivity index (χ1n) is 10.9. The van der Waals surface area contributed by atoms with E-state index in [0.29, 0.717) is 28.8 Å². The van der Waals surface area contributed by atoms with Crippen molar-refractivity contribution in [2.75, 3.05) is 18.2 Å². The van der Waals surface area contributed by atoms with Crippen LogP contribution in [0.4, 0.5) is 5.00 Å². The predicted octanol–water partition coefficient (Wildman–Crippen LogP) is 3.90. The topological polar surface area (TPSA) is 138 Å². The molecule has 2 aromatic heterocycles. The first-order valence-corrected chi connectivity index (χ1v) is 12.7. The number of anilines is 1. The molecule has 0 radical (unpaired) electrons. The second kappa shape index (κ2) is 11.9. The van der Waals surface area contributed by atoms with Gasteiger partial charge in [0.25, 0.3) is 5.91 Å². The second-order valence-electron chi connectivity index (χ2n) is 7.82. The van der Waals surface area contributed by atoms with Crippen LogP contribution in [0.25, 0.3) is 11.4 Å². The van der Waals surface area contributed by atoms with Crippen molar-refractivity contribution in [3.63, 3.8) is 0 Å². The number of methoxy groups -OCH3 is 1. The number of amides is 2. The van der Waals surface area contributed by atoms with Crippen molar-refractivity contribution in [3.05, 3.63) is 52.9 Å². The summed E-state index contributed by atoms with van der Waals surface area (Å²) in [6.45, 7) is 9.23. The van der Waals surface area contributed by atoms with Crippen LogP contribution >= 0.6 is 23.1 Å². The van der Waals surface area contributed by atoms with E-state index < -0.39 is 17.8 Å². The summed E-state index contributed by atoms with van der Waals surface area (Å²) in [6, 6.07) is 7.43. The molecule has 0 atom stereocenters. The normalized spacial score (nSPS) is 10.8.